The molecule has 112 valence electrons. The van der Waals surface area contributed by atoms with Gasteiger partial charge in [0, 0.05) is 32.6 Å². The van der Waals surface area contributed by atoms with Crippen molar-refractivity contribution in [3.8, 4) is 0 Å². The van der Waals surface area contributed by atoms with Gasteiger partial charge in [-0.2, -0.15) is 0 Å². The maximum Gasteiger partial charge on any atom is 0.251 e. The molecule has 0 radical (unpaired) electrons. The first kappa shape index (κ1) is 14.7. The number of hydrogen-bond acceptors (Lipinski definition) is 5. The Morgan fingerprint density at radius 3 is 2.55 bits per heavy atom. The van der Waals surface area contributed by atoms with Crippen LogP contribution < -0.4 is 16.2 Å². The lowest BCUT2D eigenvalue weighted by Gasteiger charge is -2.26. The Morgan fingerprint density at radius 2 is 1.90 bits per heavy atom. The van der Waals surface area contributed by atoms with Gasteiger partial charge >= 0.3 is 0 Å². The molecule has 0 aromatic heterocycles. The lowest BCUT2D eigenvalue weighted by molar-refractivity contribution is -0.128. The van der Waals surface area contributed by atoms with Crippen molar-refractivity contribution in [3.63, 3.8) is 0 Å². The number of nitrogens with one attached hydrogen (secondary N) is 3. The molecular weight excluding hydrogens is 264 g/mol. The topological polar surface area (TPSA) is 99.8 Å². The molecule has 0 aromatic rings. The van der Waals surface area contributed by atoms with Gasteiger partial charge in [0.2, 0.25) is 5.91 Å². The number of hydrogen-bond donors (Lipinski definition) is 3. The van der Waals surface area contributed by atoms with Crippen molar-refractivity contribution < 1.29 is 19.1 Å². The normalized spacial score (nSPS) is 20.6. The highest BCUT2D eigenvalue weighted by Gasteiger charge is 2.32. The van der Waals surface area contributed by atoms with Crippen LogP contribution >= 0.6 is 0 Å². The van der Waals surface area contributed by atoms with Crippen LogP contribution in [0.4, 0.5) is 0 Å². The zero-order valence-corrected chi connectivity index (χ0v) is 11.3. The van der Waals surface area contributed by atoms with E-state index in [1.165, 1.54) is 0 Å². The summed E-state index contributed by atoms with van der Waals surface area (Å²) >= 11 is 0. The summed E-state index contributed by atoms with van der Waals surface area (Å²) in [5.74, 6) is -1.61. The minimum Gasteiger partial charge on any atom is -0.379 e. The number of rotatable bonds is 6. The predicted molar refractivity (Wildman–Crippen MR) is 69.3 cm³/mol. The van der Waals surface area contributed by atoms with Gasteiger partial charge < -0.3 is 10.1 Å². The molecule has 8 heteroatoms. The molecule has 8 nitrogen and oxygen atoms in total. The van der Waals surface area contributed by atoms with E-state index < -0.39 is 5.92 Å². The maximum absolute atomic E-state index is 11.6. The summed E-state index contributed by atoms with van der Waals surface area (Å²) in [5, 5.41) is 2.80. The van der Waals surface area contributed by atoms with E-state index in [1.54, 1.807) is 0 Å². The molecule has 0 unspecified atom stereocenters. The second-order valence-electron chi connectivity index (χ2n) is 4.87. The van der Waals surface area contributed by atoms with Crippen LogP contribution in [0, 0.1) is 5.92 Å². The Hall–Kier alpha value is -1.67. The van der Waals surface area contributed by atoms with Gasteiger partial charge in [0.1, 0.15) is 5.92 Å². The first-order chi connectivity index (χ1) is 9.66. The minimum atomic E-state index is -0.750. The second kappa shape index (κ2) is 7.20. The summed E-state index contributed by atoms with van der Waals surface area (Å²) in [4.78, 5) is 36.4. The molecule has 20 heavy (non-hydrogen) atoms. The summed E-state index contributed by atoms with van der Waals surface area (Å²) in [6, 6.07) is 0. The van der Waals surface area contributed by atoms with Crippen LogP contribution in [0.1, 0.15) is 12.8 Å². The number of carbonyl (C=O) groups excluding carboxylic acids is 3. The first-order valence-electron chi connectivity index (χ1n) is 6.83. The SMILES string of the molecule is O=C(CCC1C(=O)NNC1=O)NCCN1CCOCC1. The summed E-state index contributed by atoms with van der Waals surface area (Å²) in [6.07, 6.45) is 0.412. The molecule has 0 aliphatic carbocycles. The maximum atomic E-state index is 11.6. The van der Waals surface area contributed by atoms with E-state index in [9.17, 15) is 14.4 Å². The van der Waals surface area contributed by atoms with Crippen LogP contribution in [-0.2, 0) is 19.1 Å². The fourth-order valence-corrected chi connectivity index (χ4v) is 2.22. The van der Waals surface area contributed by atoms with Crippen LogP contribution in [0.25, 0.3) is 0 Å². The van der Waals surface area contributed by atoms with E-state index in [4.69, 9.17) is 4.74 Å². The molecule has 3 N–H and O–H groups in total. The van der Waals surface area contributed by atoms with Crippen molar-refractivity contribution in [3.05, 3.63) is 0 Å². The molecule has 2 rings (SSSR count). The molecule has 2 fully saturated rings. The number of amides is 3. The standard InChI is InChI=1S/C12H20N4O4/c17-10(2-1-9-11(18)14-15-12(9)19)13-3-4-16-5-7-20-8-6-16/h9H,1-8H2,(H,13,17)(H,14,18)(H,15,19). The van der Waals surface area contributed by atoms with Gasteiger partial charge in [0.05, 0.1) is 13.2 Å². The number of morpholine rings is 1. The highest BCUT2D eigenvalue weighted by molar-refractivity contribution is 6.05. The van der Waals surface area contributed by atoms with Crippen molar-refractivity contribution >= 4 is 17.7 Å². The van der Waals surface area contributed by atoms with Crippen molar-refractivity contribution in [2.75, 3.05) is 39.4 Å². The van der Waals surface area contributed by atoms with Gasteiger partial charge in [-0.05, 0) is 6.42 Å². The van der Waals surface area contributed by atoms with E-state index in [-0.39, 0.29) is 30.6 Å². The van der Waals surface area contributed by atoms with Gasteiger partial charge in [0.15, 0.2) is 0 Å². The smallest absolute Gasteiger partial charge is 0.251 e. The zero-order valence-electron chi connectivity index (χ0n) is 11.3. The zero-order chi connectivity index (χ0) is 14.4. The number of nitrogens with zero attached hydrogens (tertiary/aromatic N) is 1. The molecule has 0 aromatic carbocycles. The van der Waals surface area contributed by atoms with Gasteiger partial charge in [-0.1, -0.05) is 0 Å². The van der Waals surface area contributed by atoms with Gasteiger partial charge in [-0.3, -0.25) is 30.1 Å². The monoisotopic (exact) mass is 284 g/mol. The third-order valence-electron chi connectivity index (χ3n) is 3.46. The van der Waals surface area contributed by atoms with E-state index in [2.05, 4.69) is 21.1 Å². The quantitative estimate of drug-likeness (QED) is 0.490. The largest absolute Gasteiger partial charge is 0.379 e. The summed E-state index contributed by atoms with van der Waals surface area (Å²) in [5.41, 5.74) is 4.48. The molecule has 0 atom stereocenters. The molecule has 0 spiro atoms. The third kappa shape index (κ3) is 4.17. The summed E-state index contributed by atoms with van der Waals surface area (Å²) in [7, 11) is 0. The Labute approximate surface area is 117 Å². The lowest BCUT2D eigenvalue weighted by Crippen LogP contribution is -2.41. The van der Waals surface area contributed by atoms with Gasteiger partial charge in [0.25, 0.3) is 11.8 Å². The third-order valence-corrected chi connectivity index (χ3v) is 3.46. The predicted octanol–water partition coefficient (Wildman–Crippen LogP) is -2.01. The van der Waals surface area contributed by atoms with Gasteiger partial charge in [-0.15, -0.1) is 0 Å². The van der Waals surface area contributed by atoms with E-state index in [1.807, 2.05) is 0 Å². The first-order valence-corrected chi connectivity index (χ1v) is 6.83. The second-order valence-corrected chi connectivity index (χ2v) is 4.87. The fourth-order valence-electron chi connectivity index (χ4n) is 2.22. The molecule has 0 bridgehead atoms. The molecule has 2 saturated heterocycles. The average molecular weight is 284 g/mol. The summed E-state index contributed by atoms with van der Waals surface area (Å²) < 4.78 is 5.24. The Balaban J connectivity index is 1.58. The molecule has 2 aliphatic heterocycles. The highest BCUT2D eigenvalue weighted by atomic mass is 16.5. The molecular formula is C12H20N4O4. The lowest BCUT2D eigenvalue weighted by atomic mass is 10.0. The summed E-state index contributed by atoms with van der Waals surface area (Å²) in [6.45, 7) is 4.61. The Kier molecular flexibility index (Phi) is 5.31. The molecule has 2 heterocycles. The van der Waals surface area contributed by atoms with Gasteiger partial charge in [-0.25, -0.2) is 0 Å². The molecule has 3 amide bonds. The van der Waals surface area contributed by atoms with Crippen molar-refractivity contribution in [2.24, 2.45) is 5.92 Å². The van der Waals surface area contributed by atoms with Crippen molar-refractivity contribution in [1.29, 1.82) is 0 Å². The van der Waals surface area contributed by atoms with E-state index in [0.717, 1.165) is 32.8 Å². The van der Waals surface area contributed by atoms with E-state index >= 15 is 0 Å². The number of hydrazine groups is 1. The van der Waals surface area contributed by atoms with Crippen molar-refractivity contribution in [2.45, 2.75) is 12.8 Å². The van der Waals surface area contributed by atoms with Crippen molar-refractivity contribution in [1.82, 2.24) is 21.1 Å². The average Bonchev–Trinajstić information content (AvgIpc) is 2.77. The Morgan fingerprint density at radius 1 is 1.25 bits per heavy atom. The molecule has 0 saturated carbocycles. The number of carbonyl (C=O) groups is 3. The van der Waals surface area contributed by atoms with Crippen LogP contribution in [0.5, 0.6) is 0 Å². The fraction of sp³-hybridized carbons (Fsp3) is 0.750. The van der Waals surface area contributed by atoms with Crippen LogP contribution in [-0.4, -0.2) is 62.0 Å². The van der Waals surface area contributed by atoms with Crippen LogP contribution in [0.2, 0.25) is 0 Å². The highest BCUT2D eigenvalue weighted by Crippen LogP contribution is 2.10. The minimum absolute atomic E-state index is 0.134. The van der Waals surface area contributed by atoms with Crippen LogP contribution in [0.3, 0.4) is 0 Å². The number of ether oxygens (including phenoxy) is 1. The molecule has 2 aliphatic rings. The van der Waals surface area contributed by atoms with Crippen LogP contribution in [0.15, 0.2) is 0 Å². The Bertz CT molecular complexity index is 366. The van der Waals surface area contributed by atoms with E-state index in [0.29, 0.717) is 6.54 Å².